The third-order valence-corrected chi connectivity index (χ3v) is 5.75. The van der Waals surface area contributed by atoms with Gasteiger partial charge in [0.05, 0.1) is 35.0 Å². The van der Waals surface area contributed by atoms with Gasteiger partial charge in [0.2, 0.25) is 29.4 Å². The molecule has 37 heavy (non-hydrogen) atoms. The molecule has 0 aromatic heterocycles. The van der Waals surface area contributed by atoms with E-state index >= 15 is 0 Å². The number of methoxy groups -OCH3 is 4. The first-order chi connectivity index (χ1) is 17.6. The molecule has 0 bridgehead atoms. The number of carbonyl (C=O) groups is 2. The number of benzene rings is 2. The van der Waals surface area contributed by atoms with E-state index in [9.17, 15) is 35.1 Å². The summed E-state index contributed by atoms with van der Waals surface area (Å²) in [6, 6.07) is 4.75. The number of Topliss-reactive ketones (excluding diaryl/α,β-unsaturated/α-hetero) is 2. The molecule has 0 saturated carbocycles. The van der Waals surface area contributed by atoms with E-state index in [0.29, 0.717) is 0 Å². The minimum atomic E-state index is -1.71. The zero-order valence-corrected chi connectivity index (χ0v) is 20.4. The Kier molecular flexibility index (Phi) is 8.78. The normalized spacial score (nSPS) is 23.2. The van der Waals surface area contributed by atoms with Crippen molar-refractivity contribution in [2.75, 3.05) is 35.0 Å². The summed E-state index contributed by atoms with van der Waals surface area (Å²) in [6.07, 6.45) is -7.77. The molecule has 0 radical (unpaired) electrons. The highest BCUT2D eigenvalue weighted by Crippen LogP contribution is 2.41. The van der Waals surface area contributed by atoms with Crippen molar-refractivity contribution in [3.63, 3.8) is 0 Å². The van der Waals surface area contributed by atoms with Gasteiger partial charge in [-0.2, -0.15) is 0 Å². The van der Waals surface area contributed by atoms with Crippen LogP contribution in [0, 0.1) is 0 Å². The summed E-state index contributed by atoms with van der Waals surface area (Å²) in [6.45, 7) is -0.665. The predicted octanol–water partition coefficient (Wildman–Crippen LogP) is -0.329. The molecule has 13 heteroatoms. The van der Waals surface area contributed by atoms with Crippen LogP contribution in [0.4, 0.5) is 0 Å². The molecule has 1 saturated heterocycles. The second-order valence-corrected chi connectivity index (χ2v) is 7.91. The van der Waals surface area contributed by atoms with Crippen LogP contribution in [0.3, 0.4) is 0 Å². The van der Waals surface area contributed by atoms with Gasteiger partial charge in [-0.05, 0) is 24.3 Å². The van der Waals surface area contributed by atoms with E-state index < -0.39 is 48.9 Å². The Morgan fingerprint density at radius 3 is 1.59 bits per heavy atom. The lowest BCUT2D eigenvalue weighted by molar-refractivity contribution is -0.277. The van der Waals surface area contributed by atoms with Gasteiger partial charge in [-0.1, -0.05) is 0 Å². The molecule has 13 nitrogen and oxygen atoms in total. The maximum absolute atomic E-state index is 13.1. The minimum Gasteiger partial charge on any atom is -0.502 e. The van der Waals surface area contributed by atoms with Gasteiger partial charge in [-0.15, -0.1) is 0 Å². The molecule has 2 aromatic rings. The van der Waals surface area contributed by atoms with Crippen LogP contribution in [0.1, 0.15) is 20.7 Å². The quantitative estimate of drug-likeness (QED) is 0.201. The van der Waals surface area contributed by atoms with Gasteiger partial charge in [0.1, 0.15) is 24.4 Å². The van der Waals surface area contributed by atoms with E-state index in [4.69, 9.17) is 28.4 Å². The maximum Gasteiger partial charge on any atom is 0.233 e. The third-order valence-electron chi connectivity index (χ3n) is 5.75. The Morgan fingerprint density at radius 2 is 1.19 bits per heavy atom. The number of carbonyl (C=O) groups excluding carboxylic acids is 2. The van der Waals surface area contributed by atoms with Crippen LogP contribution >= 0.6 is 0 Å². The number of phenolic OH excluding ortho intramolecular Hbond substituents is 1. The highest BCUT2D eigenvalue weighted by Gasteiger charge is 2.45. The summed E-state index contributed by atoms with van der Waals surface area (Å²) in [4.78, 5) is 26.1. The van der Waals surface area contributed by atoms with Crippen molar-refractivity contribution < 1.29 is 63.5 Å². The van der Waals surface area contributed by atoms with Crippen molar-refractivity contribution in [1.29, 1.82) is 0 Å². The number of phenols is 1. The molecule has 1 aliphatic heterocycles. The van der Waals surface area contributed by atoms with Crippen LogP contribution in [-0.4, -0.2) is 103 Å². The van der Waals surface area contributed by atoms with Crippen molar-refractivity contribution in [3.8, 4) is 34.5 Å². The lowest BCUT2D eigenvalue weighted by Crippen LogP contribution is -2.60. The van der Waals surface area contributed by atoms with Crippen LogP contribution in [-0.2, 0) is 4.74 Å². The van der Waals surface area contributed by atoms with Gasteiger partial charge in [0.25, 0.3) is 0 Å². The van der Waals surface area contributed by atoms with Crippen molar-refractivity contribution >= 4 is 11.6 Å². The fourth-order valence-electron chi connectivity index (χ4n) is 3.69. The molecule has 202 valence electrons. The van der Waals surface area contributed by atoms with Crippen LogP contribution in [0.15, 0.2) is 24.3 Å². The molecule has 5 N–H and O–H groups in total. The summed E-state index contributed by atoms with van der Waals surface area (Å²) < 4.78 is 31.7. The Morgan fingerprint density at radius 1 is 0.757 bits per heavy atom. The summed E-state index contributed by atoms with van der Waals surface area (Å²) >= 11 is 0. The Bertz CT molecular complexity index is 1100. The summed E-state index contributed by atoms with van der Waals surface area (Å²) in [5.74, 6) is -2.74. The van der Waals surface area contributed by atoms with Crippen molar-refractivity contribution in [3.05, 3.63) is 35.4 Å². The number of ether oxygens (including phenoxy) is 6. The van der Waals surface area contributed by atoms with E-state index in [-0.39, 0.29) is 45.6 Å². The van der Waals surface area contributed by atoms with Crippen molar-refractivity contribution in [2.24, 2.45) is 0 Å². The van der Waals surface area contributed by atoms with E-state index in [1.807, 2.05) is 0 Å². The number of hydrogen-bond donors (Lipinski definition) is 5. The van der Waals surface area contributed by atoms with Gasteiger partial charge in [0, 0.05) is 11.1 Å². The zero-order valence-electron chi connectivity index (χ0n) is 20.4. The summed E-state index contributed by atoms with van der Waals surface area (Å²) in [5.41, 5.74) is -0.262. The number of ketones is 2. The average Bonchev–Trinajstić information content (AvgIpc) is 2.92. The molecular formula is C24H28O13. The maximum atomic E-state index is 13.1. The smallest absolute Gasteiger partial charge is 0.233 e. The molecule has 1 fully saturated rings. The zero-order chi connectivity index (χ0) is 27.4. The molecule has 0 unspecified atom stereocenters. The second-order valence-electron chi connectivity index (χ2n) is 7.91. The van der Waals surface area contributed by atoms with E-state index in [0.717, 1.165) is 0 Å². The first-order valence-corrected chi connectivity index (χ1v) is 10.9. The van der Waals surface area contributed by atoms with Gasteiger partial charge >= 0.3 is 0 Å². The fourth-order valence-corrected chi connectivity index (χ4v) is 3.69. The largest absolute Gasteiger partial charge is 0.502 e. The lowest BCUT2D eigenvalue weighted by atomic mass is 9.99. The monoisotopic (exact) mass is 524 g/mol. The summed E-state index contributed by atoms with van der Waals surface area (Å²) in [5, 5.41) is 49.8. The van der Waals surface area contributed by atoms with E-state index in [2.05, 4.69) is 0 Å². The number of rotatable bonds is 10. The number of aliphatic hydroxyl groups is 4. The van der Waals surface area contributed by atoms with Crippen molar-refractivity contribution in [2.45, 2.75) is 30.7 Å². The van der Waals surface area contributed by atoms with Crippen LogP contribution in [0.5, 0.6) is 34.5 Å². The fraction of sp³-hybridized carbons (Fsp3) is 0.417. The standard InChI is InChI=1S/C24H28O13/c1-32-12-5-10(6-13(33-2)19(12)28)17(26)18(27)11-7-14(34-3)23(15(8-11)35-4)37-24-22(31)21(30)20(29)16(9-25)36-24/h5-8,16,20-22,24-25,28-31H,9H2,1-4H3/t16-,20-,21+,22-,24+/m1/s1. The predicted molar refractivity (Wildman–Crippen MR) is 124 cm³/mol. The van der Waals surface area contributed by atoms with Gasteiger partial charge in [-0.3, -0.25) is 9.59 Å². The Hall–Kier alpha value is -3.62. The van der Waals surface area contributed by atoms with Crippen LogP contribution in [0.25, 0.3) is 0 Å². The molecule has 2 aromatic carbocycles. The van der Waals surface area contributed by atoms with Gasteiger partial charge < -0.3 is 54.0 Å². The highest BCUT2D eigenvalue weighted by molar-refractivity contribution is 6.49. The lowest BCUT2D eigenvalue weighted by Gasteiger charge is -2.39. The van der Waals surface area contributed by atoms with Crippen LogP contribution < -0.4 is 23.7 Å². The Balaban J connectivity index is 1.96. The SMILES string of the molecule is COc1cc(C(=O)C(=O)c2cc(OC)c(O[C@@H]3O[C@H](CO)[C@@H](O)[C@H](O)[C@H]3O)c(OC)c2)cc(OC)c1O. The van der Waals surface area contributed by atoms with Crippen LogP contribution in [0.2, 0.25) is 0 Å². The molecule has 3 rings (SSSR count). The molecule has 5 atom stereocenters. The summed E-state index contributed by atoms with van der Waals surface area (Å²) in [7, 11) is 5.05. The first kappa shape index (κ1) is 28.0. The Labute approximate surface area is 211 Å². The van der Waals surface area contributed by atoms with E-state index in [1.54, 1.807) is 0 Å². The van der Waals surface area contributed by atoms with Gasteiger partial charge in [0.15, 0.2) is 23.0 Å². The topological polar surface area (TPSA) is 191 Å². The number of aliphatic hydroxyl groups excluding tert-OH is 4. The average molecular weight is 524 g/mol. The molecule has 0 aliphatic carbocycles. The van der Waals surface area contributed by atoms with Gasteiger partial charge in [-0.25, -0.2) is 0 Å². The highest BCUT2D eigenvalue weighted by atomic mass is 16.7. The third kappa shape index (κ3) is 5.40. The molecule has 1 aliphatic rings. The van der Waals surface area contributed by atoms with E-state index in [1.165, 1.54) is 52.7 Å². The first-order valence-electron chi connectivity index (χ1n) is 10.9. The minimum absolute atomic E-state index is 0.0751. The molecule has 1 heterocycles. The number of hydrogen-bond acceptors (Lipinski definition) is 13. The molecular weight excluding hydrogens is 496 g/mol. The second kappa shape index (κ2) is 11.6. The number of aromatic hydroxyl groups is 1. The molecule has 0 amide bonds. The molecule has 0 spiro atoms. The van der Waals surface area contributed by atoms with Crippen molar-refractivity contribution in [1.82, 2.24) is 0 Å².